The maximum atomic E-state index is 6.46. The van der Waals surface area contributed by atoms with Gasteiger partial charge in [-0.05, 0) is 99.6 Å². The fourth-order valence-electron chi connectivity index (χ4n) is 5.20. The summed E-state index contributed by atoms with van der Waals surface area (Å²) in [4.78, 5) is 12.6. The van der Waals surface area contributed by atoms with Gasteiger partial charge >= 0.3 is 0 Å². The van der Waals surface area contributed by atoms with E-state index in [0.717, 1.165) is 57.8 Å². The predicted octanol–water partition coefficient (Wildman–Crippen LogP) is 8.87. The van der Waals surface area contributed by atoms with Crippen LogP contribution in [0.15, 0.2) is 77.8 Å². The highest BCUT2D eigenvalue weighted by Gasteiger charge is 2.18. The number of likely N-dealkylation sites (tertiary alicyclic amines) is 1. The predicted molar refractivity (Wildman–Crippen MR) is 168 cm³/mol. The van der Waals surface area contributed by atoms with Gasteiger partial charge in [-0.25, -0.2) is 4.98 Å². The third-order valence-corrected chi connectivity index (χ3v) is 8.65. The molecule has 9 heteroatoms. The smallest absolute Gasteiger partial charge is 0.0900 e. The third-order valence-electron chi connectivity index (χ3n) is 7.17. The first-order valence-corrected chi connectivity index (χ1v) is 14.8. The van der Waals surface area contributed by atoms with Gasteiger partial charge in [-0.1, -0.05) is 58.5 Å². The Morgan fingerprint density at radius 3 is 2.33 bits per heavy atom. The Hall–Kier alpha value is -2.80. The van der Waals surface area contributed by atoms with Crippen molar-refractivity contribution in [3.8, 4) is 17.1 Å². The van der Waals surface area contributed by atoms with Crippen molar-refractivity contribution in [2.75, 3.05) is 31.5 Å². The largest absolute Gasteiger partial charge is 0.354 e. The lowest BCUT2D eigenvalue weighted by Crippen LogP contribution is -2.21. The molecular formula is C31H27Cl4N5. The number of anilines is 2. The van der Waals surface area contributed by atoms with Crippen LogP contribution in [0.1, 0.15) is 19.3 Å². The minimum atomic E-state index is 0.484. The summed E-state index contributed by atoms with van der Waals surface area (Å²) in [6.45, 7) is 4.14. The highest BCUT2D eigenvalue weighted by atomic mass is 35.5. The standard InChI is InChI=1S/C31H27Cl4N5/c32-22-10-8-20(16-24(22)34)37-28-18-29-31(19-27(28)36-12-5-15-39-13-3-4-14-39)40(21-9-11-23(33)25(35)17-21)30-7-2-1-6-26(30)38-29/h1-2,6-11,16-19,37H,3-5,12-15H2. The molecule has 0 atom stereocenters. The molecule has 2 aliphatic heterocycles. The molecule has 204 valence electrons. The molecule has 0 aromatic heterocycles. The minimum absolute atomic E-state index is 0.484. The van der Waals surface area contributed by atoms with Crippen molar-refractivity contribution in [1.82, 2.24) is 14.5 Å². The van der Waals surface area contributed by atoms with Crippen LogP contribution in [0, 0.1) is 0 Å². The zero-order valence-electron chi connectivity index (χ0n) is 21.7. The molecule has 0 amide bonds. The summed E-state index contributed by atoms with van der Waals surface area (Å²) < 4.78 is 2.16. The normalized spacial score (nSPS) is 14.4. The molecule has 1 fully saturated rings. The second kappa shape index (κ2) is 12.0. The van der Waals surface area contributed by atoms with Crippen molar-refractivity contribution in [3.05, 3.63) is 98.2 Å². The average Bonchev–Trinajstić information content (AvgIpc) is 3.47. The Labute approximate surface area is 253 Å². The Morgan fingerprint density at radius 1 is 0.800 bits per heavy atom. The van der Waals surface area contributed by atoms with E-state index in [4.69, 9.17) is 56.4 Å². The molecule has 0 radical (unpaired) electrons. The fourth-order valence-corrected chi connectivity index (χ4v) is 5.79. The van der Waals surface area contributed by atoms with E-state index in [0.29, 0.717) is 26.6 Å². The summed E-state index contributed by atoms with van der Waals surface area (Å²) in [6, 6.07) is 23.3. The second-order valence-corrected chi connectivity index (χ2v) is 11.6. The average molecular weight is 611 g/mol. The molecule has 0 saturated carbocycles. The maximum absolute atomic E-state index is 6.46. The number of hydrogen-bond acceptors (Lipinski definition) is 4. The van der Waals surface area contributed by atoms with E-state index in [1.165, 1.54) is 25.9 Å². The third kappa shape index (κ3) is 5.81. The first-order chi connectivity index (χ1) is 19.5. The van der Waals surface area contributed by atoms with Crippen molar-refractivity contribution >= 4 is 68.8 Å². The monoisotopic (exact) mass is 609 g/mol. The number of fused-ring (bicyclic) bond motifs is 2. The van der Waals surface area contributed by atoms with E-state index < -0.39 is 0 Å². The van der Waals surface area contributed by atoms with E-state index in [2.05, 4.69) is 26.9 Å². The number of rotatable bonds is 7. The van der Waals surface area contributed by atoms with Crippen molar-refractivity contribution < 1.29 is 0 Å². The summed E-state index contributed by atoms with van der Waals surface area (Å²) in [7, 11) is 0. The Morgan fingerprint density at radius 2 is 1.55 bits per heavy atom. The van der Waals surface area contributed by atoms with Gasteiger partial charge in [0, 0.05) is 17.9 Å². The van der Waals surface area contributed by atoms with Gasteiger partial charge in [0.15, 0.2) is 0 Å². The summed E-state index contributed by atoms with van der Waals surface area (Å²) in [6.07, 6.45) is 3.57. The summed E-state index contributed by atoms with van der Waals surface area (Å²) in [5.74, 6) is 0. The van der Waals surface area contributed by atoms with Crippen molar-refractivity contribution in [2.24, 2.45) is 4.99 Å². The topological polar surface area (TPSA) is 45.5 Å². The maximum Gasteiger partial charge on any atom is 0.0900 e. The number of para-hydroxylation sites is 2. The van der Waals surface area contributed by atoms with Gasteiger partial charge in [0.1, 0.15) is 0 Å². The van der Waals surface area contributed by atoms with Crippen molar-refractivity contribution in [2.45, 2.75) is 19.3 Å². The lowest BCUT2D eigenvalue weighted by molar-refractivity contribution is 0.336. The van der Waals surface area contributed by atoms with Crippen LogP contribution in [0.25, 0.3) is 28.1 Å². The number of nitrogens with zero attached hydrogens (tertiary/aromatic N) is 4. The molecule has 0 bridgehead atoms. The van der Waals surface area contributed by atoms with Gasteiger partial charge in [0.25, 0.3) is 0 Å². The van der Waals surface area contributed by atoms with Gasteiger partial charge < -0.3 is 14.8 Å². The van der Waals surface area contributed by atoms with E-state index in [-0.39, 0.29) is 0 Å². The van der Waals surface area contributed by atoms with Crippen LogP contribution in [0.3, 0.4) is 0 Å². The molecule has 1 saturated heterocycles. The Balaban J connectivity index is 1.51. The molecule has 1 N–H and O–H groups in total. The molecule has 3 aromatic rings. The van der Waals surface area contributed by atoms with Gasteiger partial charge in [-0.3, -0.25) is 4.99 Å². The molecule has 0 spiro atoms. The van der Waals surface area contributed by atoms with E-state index in [1.807, 2.05) is 54.6 Å². The first kappa shape index (κ1) is 27.4. The first-order valence-electron chi connectivity index (χ1n) is 13.3. The molecule has 40 heavy (non-hydrogen) atoms. The number of benzene rings is 4. The molecule has 1 aliphatic carbocycles. The molecule has 2 heterocycles. The molecule has 6 rings (SSSR count). The van der Waals surface area contributed by atoms with E-state index >= 15 is 0 Å². The van der Waals surface area contributed by atoms with Gasteiger partial charge in [-0.15, -0.1) is 0 Å². The van der Waals surface area contributed by atoms with Gasteiger partial charge in [-0.2, -0.15) is 0 Å². The van der Waals surface area contributed by atoms with E-state index in [9.17, 15) is 0 Å². The number of nitrogens with one attached hydrogen (secondary N) is 1. The van der Waals surface area contributed by atoms with E-state index in [1.54, 1.807) is 6.07 Å². The molecule has 3 aromatic carbocycles. The van der Waals surface area contributed by atoms with Gasteiger partial charge in [0.2, 0.25) is 0 Å². The molecular weight excluding hydrogens is 584 g/mol. The lowest BCUT2D eigenvalue weighted by Gasteiger charge is -2.20. The summed E-state index contributed by atoms with van der Waals surface area (Å²) in [5.41, 5.74) is 6.09. The van der Waals surface area contributed by atoms with Gasteiger partial charge in [0.05, 0.1) is 53.6 Å². The zero-order valence-corrected chi connectivity index (χ0v) is 24.7. The van der Waals surface area contributed by atoms with Crippen molar-refractivity contribution in [3.63, 3.8) is 0 Å². The Kier molecular flexibility index (Phi) is 8.20. The number of halogens is 4. The van der Waals surface area contributed by atoms with Crippen LogP contribution in [-0.2, 0) is 0 Å². The highest BCUT2D eigenvalue weighted by Crippen LogP contribution is 2.33. The van der Waals surface area contributed by atoms with Crippen LogP contribution < -0.4 is 10.7 Å². The van der Waals surface area contributed by atoms with Crippen LogP contribution in [0.5, 0.6) is 0 Å². The van der Waals surface area contributed by atoms with Crippen LogP contribution >= 0.6 is 46.4 Å². The second-order valence-electron chi connectivity index (χ2n) is 9.93. The number of aromatic nitrogens is 2. The van der Waals surface area contributed by atoms with Crippen LogP contribution in [0.2, 0.25) is 20.1 Å². The van der Waals surface area contributed by atoms with Crippen LogP contribution in [-0.4, -0.2) is 40.6 Å². The van der Waals surface area contributed by atoms with Crippen molar-refractivity contribution in [1.29, 1.82) is 0 Å². The molecule has 0 unspecified atom stereocenters. The molecule has 5 nitrogen and oxygen atoms in total. The lowest BCUT2D eigenvalue weighted by atomic mass is 10.1. The fraction of sp³-hybridized carbons (Fsp3) is 0.226. The zero-order chi connectivity index (χ0) is 27.6. The minimum Gasteiger partial charge on any atom is -0.354 e. The van der Waals surface area contributed by atoms with Crippen LogP contribution in [0.4, 0.5) is 11.4 Å². The summed E-state index contributed by atoms with van der Waals surface area (Å²) in [5, 5.41) is 6.34. The molecule has 3 aliphatic rings. The highest BCUT2D eigenvalue weighted by molar-refractivity contribution is 6.42. The summed E-state index contributed by atoms with van der Waals surface area (Å²) >= 11 is 25.2. The number of hydrogen-bond donors (Lipinski definition) is 1. The quantitative estimate of drug-likeness (QED) is 0.148. The Bertz CT molecular complexity index is 1730. The SMILES string of the molecule is Clc1ccc(Nc2cc3nc4ccccc4n(-c4ccc(Cl)c(Cl)c4)c-3cc2=NCCCN2CCCC2)cc1Cl.